The Morgan fingerprint density at radius 3 is 2.67 bits per heavy atom. The number of anilines is 3. The molecule has 2 heterocycles. The number of benzene rings is 3. The van der Waals surface area contributed by atoms with Gasteiger partial charge in [-0.1, -0.05) is 41.5 Å². The quantitative estimate of drug-likeness (QED) is 0.190. The molecule has 0 aliphatic rings. The van der Waals surface area contributed by atoms with E-state index in [0.29, 0.717) is 33.6 Å². The number of ether oxygens (including phenoxy) is 1. The standard InChI is InChI=1S/C30H23ClFN5O3/c1-2-29(38)34-16-23-15-28(40-36-23)27-17-33-19-35-30(27)37(25-8-4-6-21(31)14-25)24-9-11-26(12-10-24)39-18-20-5-3-7-22(32)13-20/h2-15,17,19H,1,16,18H2,(H,34,38). The first-order chi connectivity index (χ1) is 19.5. The van der Waals surface area contributed by atoms with Gasteiger partial charge in [0.1, 0.15) is 30.2 Å². The molecule has 40 heavy (non-hydrogen) atoms. The number of rotatable bonds is 10. The third-order valence-electron chi connectivity index (χ3n) is 5.81. The van der Waals surface area contributed by atoms with E-state index in [0.717, 1.165) is 16.9 Å². The van der Waals surface area contributed by atoms with Crippen LogP contribution in [-0.4, -0.2) is 21.0 Å². The van der Waals surface area contributed by atoms with Crippen molar-refractivity contribution in [2.24, 2.45) is 0 Å². The molecule has 1 N–H and O–H groups in total. The van der Waals surface area contributed by atoms with Gasteiger partial charge in [-0.3, -0.25) is 9.69 Å². The Morgan fingerprint density at radius 2 is 1.90 bits per heavy atom. The third kappa shape index (κ3) is 6.33. The lowest BCUT2D eigenvalue weighted by Crippen LogP contribution is -2.19. The highest BCUT2D eigenvalue weighted by Crippen LogP contribution is 2.40. The summed E-state index contributed by atoms with van der Waals surface area (Å²) in [7, 11) is 0. The molecule has 0 atom stereocenters. The zero-order chi connectivity index (χ0) is 27.9. The van der Waals surface area contributed by atoms with Crippen molar-refractivity contribution in [1.29, 1.82) is 0 Å². The van der Waals surface area contributed by atoms with Gasteiger partial charge in [-0.15, -0.1) is 0 Å². The average molecular weight is 556 g/mol. The number of hydrogen-bond acceptors (Lipinski definition) is 7. The summed E-state index contributed by atoms with van der Waals surface area (Å²) < 4.78 is 25.0. The van der Waals surface area contributed by atoms with E-state index in [-0.39, 0.29) is 24.9 Å². The van der Waals surface area contributed by atoms with Crippen LogP contribution in [0.4, 0.5) is 21.6 Å². The van der Waals surface area contributed by atoms with Gasteiger partial charge in [0.05, 0.1) is 12.1 Å². The smallest absolute Gasteiger partial charge is 0.243 e. The molecule has 5 rings (SSSR count). The summed E-state index contributed by atoms with van der Waals surface area (Å²) in [5.41, 5.74) is 3.33. The van der Waals surface area contributed by atoms with E-state index in [9.17, 15) is 9.18 Å². The molecule has 0 fully saturated rings. The SMILES string of the molecule is C=CC(=O)NCc1cc(-c2cncnc2N(c2ccc(OCc3cccc(F)c3)cc2)c2cccc(Cl)c2)on1. The van der Waals surface area contributed by atoms with Crippen molar-refractivity contribution in [3.05, 3.63) is 126 Å². The summed E-state index contributed by atoms with van der Waals surface area (Å²) in [6.45, 7) is 3.85. The molecule has 5 aromatic rings. The van der Waals surface area contributed by atoms with E-state index >= 15 is 0 Å². The van der Waals surface area contributed by atoms with Crippen molar-refractivity contribution in [3.63, 3.8) is 0 Å². The Morgan fingerprint density at radius 1 is 1.07 bits per heavy atom. The fourth-order valence-electron chi connectivity index (χ4n) is 3.94. The normalized spacial score (nSPS) is 10.7. The molecular weight excluding hydrogens is 533 g/mol. The van der Waals surface area contributed by atoms with Gasteiger partial charge in [0, 0.05) is 28.7 Å². The molecule has 10 heteroatoms. The predicted octanol–water partition coefficient (Wildman–Crippen LogP) is 6.78. The molecule has 0 saturated heterocycles. The van der Waals surface area contributed by atoms with Crippen LogP contribution in [-0.2, 0) is 17.9 Å². The molecule has 0 saturated carbocycles. The zero-order valence-corrected chi connectivity index (χ0v) is 21.9. The van der Waals surface area contributed by atoms with Gasteiger partial charge in [0.2, 0.25) is 5.91 Å². The summed E-state index contributed by atoms with van der Waals surface area (Å²) in [6.07, 6.45) is 4.25. The maximum Gasteiger partial charge on any atom is 0.243 e. The zero-order valence-electron chi connectivity index (χ0n) is 21.1. The first-order valence-electron chi connectivity index (χ1n) is 12.2. The number of hydrogen-bond donors (Lipinski definition) is 1. The van der Waals surface area contributed by atoms with Crippen molar-refractivity contribution in [2.75, 3.05) is 4.90 Å². The van der Waals surface area contributed by atoms with Crippen molar-refractivity contribution >= 4 is 34.7 Å². The Labute approximate surface area is 234 Å². The molecule has 2 aromatic heterocycles. The Bertz CT molecular complexity index is 1640. The fourth-order valence-corrected chi connectivity index (χ4v) is 4.13. The summed E-state index contributed by atoms with van der Waals surface area (Å²) in [5.74, 6) is 0.922. The molecule has 0 radical (unpaired) electrons. The van der Waals surface area contributed by atoms with Crippen molar-refractivity contribution < 1.29 is 18.4 Å². The van der Waals surface area contributed by atoms with Gasteiger partial charge in [0.25, 0.3) is 0 Å². The largest absolute Gasteiger partial charge is 0.489 e. The lowest BCUT2D eigenvalue weighted by Gasteiger charge is -2.25. The number of nitrogens with one attached hydrogen (secondary N) is 1. The second kappa shape index (κ2) is 12.2. The topological polar surface area (TPSA) is 93.4 Å². The van der Waals surface area contributed by atoms with E-state index in [1.165, 1.54) is 24.5 Å². The number of amides is 1. The molecule has 0 spiro atoms. The van der Waals surface area contributed by atoms with Crippen LogP contribution in [0.1, 0.15) is 11.3 Å². The van der Waals surface area contributed by atoms with Gasteiger partial charge in [0.15, 0.2) is 11.6 Å². The highest BCUT2D eigenvalue weighted by Gasteiger charge is 2.21. The molecule has 8 nitrogen and oxygen atoms in total. The maximum atomic E-state index is 13.5. The van der Waals surface area contributed by atoms with Crippen LogP contribution >= 0.6 is 11.6 Å². The molecule has 0 aliphatic heterocycles. The number of aromatic nitrogens is 3. The van der Waals surface area contributed by atoms with E-state index in [4.69, 9.17) is 20.9 Å². The Balaban J connectivity index is 1.47. The number of carbonyl (C=O) groups is 1. The molecule has 200 valence electrons. The summed E-state index contributed by atoms with van der Waals surface area (Å²) >= 11 is 6.36. The van der Waals surface area contributed by atoms with Crippen molar-refractivity contribution in [3.8, 4) is 17.1 Å². The molecule has 0 unspecified atom stereocenters. The monoisotopic (exact) mass is 555 g/mol. The van der Waals surface area contributed by atoms with E-state index < -0.39 is 0 Å². The predicted molar refractivity (Wildman–Crippen MR) is 150 cm³/mol. The summed E-state index contributed by atoms with van der Waals surface area (Å²) in [6, 6.07) is 22.7. The van der Waals surface area contributed by atoms with Crippen LogP contribution in [0.5, 0.6) is 5.75 Å². The third-order valence-corrected chi connectivity index (χ3v) is 6.05. The lowest BCUT2D eigenvalue weighted by molar-refractivity contribution is -0.116. The molecule has 0 aliphatic carbocycles. The Kier molecular flexibility index (Phi) is 8.13. The molecule has 1 amide bonds. The minimum Gasteiger partial charge on any atom is -0.489 e. The van der Waals surface area contributed by atoms with Gasteiger partial charge < -0.3 is 14.6 Å². The highest BCUT2D eigenvalue weighted by atomic mass is 35.5. The molecular formula is C30H23ClFN5O3. The first kappa shape index (κ1) is 26.6. The van der Waals surface area contributed by atoms with E-state index in [2.05, 4.69) is 27.0 Å². The number of nitrogens with zero attached hydrogens (tertiary/aromatic N) is 4. The van der Waals surface area contributed by atoms with E-state index in [1.54, 1.807) is 30.5 Å². The summed E-state index contributed by atoms with van der Waals surface area (Å²) in [5, 5.41) is 7.28. The molecule has 0 bridgehead atoms. The van der Waals surface area contributed by atoms with Crippen LogP contribution < -0.4 is 15.0 Å². The van der Waals surface area contributed by atoms with Crippen LogP contribution in [0.25, 0.3) is 11.3 Å². The van der Waals surface area contributed by atoms with Crippen LogP contribution in [0.3, 0.4) is 0 Å². The average Bonchev–Trinajstić information content (AvgIpc) is 3.45. The number of halogens is 2. The highest BCUT2D eigenvalue weighted by molar-refractivity contribution is 6.30. The maximum absolute atomic E-state index is 13.5. The minimum atomic E-state index is -0.316. The summed E-state index contributed by atoms with van der Waals surface area (Å²) in [4.78, 5) is 22.2. The second-order valence-corrected chi connectivity index (χ2v) is 9.03. The van der Waals surface area contributed by atoms with Gasteiger partial charge in [-0.2, -0.15) is 0 Å². The van der Waals surface area contributed by atoms with Crippen molar-refractivity contribution in [2.45, 2.75) is 13.2 Å². The van der Waals surface area contributed by atoms with Crippen molar-refractivity contribution in [1.82, 2.24) is 20.4 Å². The van der Waals surface area contributed by atoms with E-state index in [1.807, 2.05) is 47.4 Å². The van der Waals surface area contributed by atoms with Crippen LogP contribution in [0.15, 0.2) is 109 Å². The Hall–Kier alpha value is -5.02. The lowest BCUT2D eigenvalue weighted by atomic mass is 10.1. The second-order valence-electron chi connectivity index (χ2n) is 8.59. The fraction of sp³-hybridized carbons (Fsp3) is 0.0667. The first-order valence-corrected chi connectivity index (χ1v) is 12.6. The molecule has 3 aromatic carbocycles. The van der Waals surface area contributed by atoms with Crippen LogP contribution in [0, 0.1) is 5.82 Å². The van der Waals surface area contributed by atoms with Gasteiger partial charge >= 0.3 is 0 Å². The minimum absolute atomic E-state index is 0.173. The van der Waals surface area contributed by atoms with Gasteiger partial charge in [-0.25, -0.2) is 14.4 Å². The van der Waals surface area contributed by atoms with Gasteiger partial charge in [-0.05, 0) is 66.2 Å². The number of carbonyl (C=O) groups excluding carboxylic acids is 1. The van der Waals surface area contributed by atoms with Crippen LogP contribution in [0.2, 0.25) is 5.02 Å².